The van der Waals surface area contributed by atoms with E-state index in [0.717, 1.165) is 0 Å². The third-order valence-electron chi connectivity index (χ3n) is 1.13. The Morgan fingerprint density at radius 2 is 2.60 bits per heavy atom. The van der Waals surface area contributed by atoms with Gasteiger partial charge in [0.25, 0.3) is 0 Å². The lowest BCUT2D eigenvalue weighted by Gasteiger charge is -2.09. The van der Waals surface area contributed by atoms with Gasteiger partial charge in [0, 0.05) is 12.4 Å². The van der Waals surface area contributed by atoms with Gasteiger partial charge in [-0.3, -0.25) is 0 Å². The van der Waals surface area contributed by atoms with Gasteiger partial charge >= 0.3 is 6.03 Å². The van der Waals surface area contributed by atoms with Gasteiger partial charge in [0.15, 0.2) is 0 Å². The number of amides is 2. The molecule has 0 unspecified atom stereocenters. The van der Waals surface area contributed by atoms with E-state index in [-0.39, 0.29) is 0 Å². The second-order valence-electron chi connectivity index (χ2n) is 1.81. The molecule has 5 nitrogen and oxygen atoms in total. The van der Waals surface area contributed by atoms with Crippen LogP contribution in [-0.2, 0) is 0 Å². The minimum Gasteiger partial charge on any atom is -0.352 e. The molecule has 0 aliphatic carbocycles. The summed E-state index contributed by atoms with van der Waals surface area (Å²) in [5, 5.41) is 0. The molecule has 0 fully saturated rings. The number of aromatic nitrogens is 2. The number of hydrogen-bond donors (Lipinski definition) is 2. The van der Waals surface area contributed by atoms with E-state index in [1.165, 1.54) is 4.57 Å². The van der Waals surface area contributed by atoms with Crippen molar-refractivity contribution in [2.24, 2.45) is 5.73 Å². The first kappa shape index (κ1) is 6.81. The Kier molecular flexibility index (Phi) is 1.72. The number of urea groups is 1. The van der Waals surface area contributed by atoms with Crippen LogP contribution in [0.15, 0.2) is 12.4 Å². The minimum absolute atomic E-state index is 0.471. The fourth-order valence-electron chi connectivity index (χ4n) is 0.545. The molecule has 54 valence electrons. The Morgan fingerprint density at radius 1 is 1.90 bits per heavy atom. The fourth-order valence-corrected chi connectivity index (χ4v) is 0.789. The zero-order valence-electron chi connectivity index (χ0n) is 5.53. The molecule has 0 aromatic carbocycles. The van der Waals surface area contributed by atoms with Crippen molar-refractivity contribution in [3.8, 4) is 0 Å². The maximum atomic E-state index is 10.5. The van der Waals surface area contributed by atoms with Gasteiger partial charge in [0.05, 0.1) is 0 Å². The van der Waals surface area contributed by atoms with Gasteiger partial charge in [-0.1, -0.05) is 0 Å². The van der Waals surface area contributed by atoms with Gasteiger partial charge in [-0.05, 0) is 0 Å². The van der Waals surface area contributed by atoms with E-state index in [1.807, 2.05) is 0 Å². The number of imidazole rings is 1. The van der Waals surface area contributed by atoms with E-state index in [0.29, 0.717) is 16.4 Å². The number of hydrogen-bond acceptors (Lipinski definition) is 2. The van der Waals surface area contributed by atoms with Gasteiger partial charge in [-0.2, -0.15) is 0 Å². The maximum absolute atomic E-state index is 10.5. The molecule has 0 bridgehead atoms. The fraction of sp³-hybridized carbons (Fsp3) is 0. The molecule has 1 heterocycles. The Hall–Kier alpha value is -1.30. The van der Waals surface area contributed by atoms with E-state index < -0.39 is 6.03 Å². The summed E-state index contributed by atoms with van der Waals surface area (Å²) in [5.74, 6) is 0.513. The number of nitrogens with two attached hydrogens (primary N) is 1. The van der Waals surface area contributed by atoms with E-state index >= 15 is 0 Å². The first-order chi connectivity index (χ1) is 4.72. The quantitative estimate of drug-likeness (QED) is 0.489. The Labute approximate surface area is 60.7 Å². The zero-order valence-corrected chi connectivity index (χ0v) is 7.53. The van der Waals surface area contributed by atoms with Crippen molar-refractivity contribution in [2.45, 2.75) is 0 Å². The van der Waals surface area contributed by atoms with Gasteiger partial charge in [0.1, 0.15) is 10.4 Å². The molecule has 1 rings (SSSR count). The van der Waals surface area contributed by atoms with E-state index in [9.17, 15) is 4.79 Å². The highest BCUT2D eigenvalue weighted by Crippen LogP contribution is 1.99. The topological polar surface area (TPSA) is 75.0 Å². The summed E-state index contributed by atoms with van der Waals surface area (Å²) in [6, 6.07) is -0.471. The van der Waals surface area contributed by atoms with Crippen LogP contribution in [0.2, 0.25) is 0 Å². The molecule has 1 aromatic rings. The third kappa shape index (κ3) is 1.16. The summed E-state index contributed by atoms with van der Waals surface area (Å²) < 4.78 is 1.36. The molecule has 1 aromatic heterocycles. The number of nitrogens with one attached hydrogen (secondary N) is 1. The summed E-state index contributed by atoms with van der Waals surface area (Å²) in [6.45, 7) is 0. The van der Waals surface area contributed by atoms with Crippen molar-refractivity contribution in [3.05, 3.63) is 12.4 Å². The van der Waals surface area contributed by atoms with Crippen LogP contribution in [0, 0.1) is 0 Å². The molecule has 0 atom stereocenters. The second kappa shape index (κ2) is 2.52. The van der Waals surface area contributed by atoms with Gasteiger partial charge in [-0.15, -0.1) is 0 Å². The molecule has 3 N–H and O–H groups in total. The number of primary amides is 1. The summed E-state index contributed by atoms with van der Waals surface area (Å²) >= 11 is 0. The van der Waals surface area contributed by atoms with E-state index in [2.05, 4.69) is 9.97 Å². The van der Waals surface area contributed by atoms with Crippen LogP contribution >= 0.6 is 0 Å². The number of carbonyl (C=O) groups excluding carboxylic acids is 1. The first-order valence-corrected chi connectivity index (χ1v) is 3.64. The molecule has 6 heteroatoms. The van der Waals surface area contributed by atoms with Gasteiger partial charge < -0.3 is 15.3 Å². The molecule has 0 saturated heterocycles. The largest absolute Gasteiger partial charge is 0.352 e. The number of nitrogens with zero attached hydrogens (tertiary/aromatic N) is 2. The maximum Gasteiger partial charge on any atom is 0.312 e. The molecular formula is C4H8N4OSi. The number of aromatic amines is 1. The SMILES string of the molecule is NC(=O)N([SiH3])c1ncc[nH]1. The highest BCUT2D eigenvalue weighted by molar-refractivity contribution is 6.29. The van der Waals surface area contributed by atoms with Crippen molar-refractivity contribution in [1.82, 2.24) is 9.97 Å². The summed E-state index contributed by atoms with van der Waals surface area (Å²) in [4.78, 5) is 17.1. The average Bonchev–Trinajstić information content (AvgIpc) is 2.36. The highest BCUT2D eigenvalue weighted by atomic mass is 28.2. The molecule has 0 aliphatic heterocycles. The normalized spacial score (nSPS) is 9.60. The Balaban J connectivity index is 2.77. The second-order valence-corrected chi connectivity index (χ2v) is 2.70. The van der Waals surface area contributed by atoms with Crippen LogP contribution in [0.25, 0.3) is 0 Å². The van der Waals surface area contributed by atoms with Crippen molar-refractivity contribution >= 4 is 22.4 Å². The number of H-pyrrole nitrogens is 1. The molecule has 10 heavy (non-hydrogen) atoms. The standard InChI is InChI=1S/C4H8N4OSi/c5-3(9)8(10)4-6-1-2-7-4/h1-2H,10H3,(H2,5,9)(H,6,7). The lowest BCUT2D eigenvalue weighted by Crippen LogP contribution is -2.33. The van der Waals surface area contributed by atoms with Crippen LogP contribution in [0.5, 0.6) is 0 Å². The average molecular weight is 156 g/mol. The van der Waals surface area contributed by atoms with Crippen LogP contribution in [0.4, 0.5) is 10.7 Å². The number of anilines is 1. The van der Waals surface area contributed by atoms with Gasteiger partial charge in [-0.25, -0.2) is 9.78 Å². The molecule has 0 saturated carbocycles. The lowest BCUT2D eigenvalue weighted by atomic mass is 10.9. The van der Waals surface area contributed by atoms with Gasteiger partial charge in [0.2, 0.25) is 5.95 Å². The van der Waals surface area contributed by atoms with E-state index in [4.69, 9.17) is 5.73 Å². The molecule has 0 radical (unpaired) electrons. The molecule has 2 amide bonds. The number of carbonyl (C=O) groups is 1. The lowest BCUT2D eigenvalue weighted by molar-refractivity contribution is 0.257. The molecule has 0 aliphatic rings. The predicted octanol–water partition coefficient (Wildman–Crippen LogP) is -1.42. The van der Waals surface area contributed by atoms with Crippen molar-refractivity contribution in [3.63, 3.8) is 0 Å². The summed E-state index contributed by atoms with van der Waals surface area (Å²) in [5.41, 5.74) is 4.99. The highest BCUT2D eigenvalue weighted by Gasteiger charge is 2.05. The minimum atomic E-state index is -0.471. The third-order valence-corrected chi connectivity index (χ3v) is 2.00. The zero-order chi connectivity index (χ0) is 7.56. The Bertz CT molecular complexity index is 221. The molecular weight excluding hydrogens is 148 g/mol. The van der Waals surface area contributed by atoms with E-state index in [1.54, 1.807) is 12.4 Å². The Morgan fingerprint density at radius 3 is 3.00 bits per heavy atom. The predicted molar refractivity (Wildman–Crippen MR) is 40.6 cm³/mol. The van der Waals surface area contributed by atoms with Crippen molar-refractivity contribution < 1.29 is 4.79 Å². The molecule has 0 spiro atoms. The van der Waals surface area contributed by atoms with Crippen LogP contribution in [0.3, 0.4) is 0 Å². The summed E-state index contributed by atoms with van der Waals surface area (Å²) in [6.07, 6.45) is 3.21. The van der Waals surface area contributed by atoms with Crippen molar-refractivity contribution in [2.75, 3.05) is 4.57 Å². The van der Waals surface area contributed by atoms with Crippen LogP contribution in [0.1, 0.15) is 0 Å². The monoisotopic (exact) mass is 156 g/mol. The van der Waals surface area contributed by atoms with Crippen molar-refractivity contribution in [1.29, 1.82) is 0 Å². The smallest absolute Gasteiger partial charge is 0.312 e. The van der Waals surface area contributed by atoms with Crippen LogP contribution < -0.4 is 10.3 Å². The first-order valence-electron chi connectivity index (χ1n) is 2.74. The number of rotatable bonds is 1. The summed E-state index contributed by atoms with van der Waals surface area (Å²) in [7, 11) is 0.542. The van der Waals surface area contributed by atoms with Crippen LogP contribution in [-0.4, -0.2) is 26.4 Å².